The highest BCUT2D eigenvalue weighted by Gasteiger charge is 2.23. The van der Waals surface area contributed by atoms with Gasteiger partial charge in [0.15, 0.2) is 0 Å². The summed E-state index contributed by atoms with van der Waals surface area (Å²) in [6.07, 6.45) is 3.55. The van der Waals surface area contributed by atoms with Gasteiger partial charge >= 0.3 is 0 Å². The minimum absolute atomic E-state index is 0.0618. The van der Waals surface area contributed by atoms with Gasteiger partial charge in [0.1, 0.15) is 0 Å². The molecular weight excluding hydrogens is 256 g/mol. The Hall–Kier alpha value is -0.650. The average Bonchev–Trinajstić information content (AvgIpc) is 2.48. The third-order valence-electron chi connectivity index (χ3n) is 4.45. The molecule has 0 radical (unpaired) electrons. The van der Waals surface area contributed by atoms with Crippen LogP contribution in [0.5, 0.6) is 0 Å². The number of aliphatic hydroxyl groups is 1. The van der Waals surface area contributed by atoms with Crippen LogP contribution in [0.15, 0.2) is 0 Å². The van der Waals surface area contributed by atoms with Crippen LogP contribution in [0.1, 0.15) is 32.6 Å². The highest BCUT2D eigenvalue weighted by atomic mass is 16.5. The zero-order chi connectivity index (χ0) is 14.4. The highest BCUT2D eigenvalue weighted by molar-refractivity contribution is 5.78. The van der Waals surface area contributed by atoms with Crippen molar-refractivity contribution in [1.29, 1.82) is 0 Å². The second kappa shape index (κ2) is 7.96. The van der Waals surface area contributed by atoms with Gasteiger partial charge in [-0.1, -0.05) is 6.92 Å². The van der Waals surface area contributed by atoms with Crippen molar-refractivity contribution in [3.05, 3.63) is 0 Å². The van der Waals surface area contributed by atoms with E-state index in [4.69, 9.17) is 4.74 Å². The monoisotopic (exact) mass is 284 g/mol. The fourth-order valence-electron chi connectivity index (χ4n) is 2.93. The predicted molar refractivity (Wildman–Crippen MR) is 77.4 cm³/mol. The molecule has 2 fully saturated rings. The van der Waals surface area contributed by atoms with Crippen molar-refractivity contribution >= 4 is 5.91 Å². The molecular formula is C15H28N2O3. The van der Waals surface area contributed by atoms with E-state index < -0.39 is 6.10 Å². The number of ether oxygens (including phenoxy) is 1. The summed E-state index contributed by atoms with van der Waals surface area (Å²) >= 11 is 0. The largest absolute Gasteiger partial charge is 0.390 e. The highest BCUT2D eigenvalue weighted by Crippen LogP contribution is 2.16. The molecule has 2 saturated heterocycles. The lowest BCUT2D eigenvalue weighted by Gasteiger charge is -2.31. The molecule has 2 rings (SSSR count). The molecule has 5 heteroatoms. The van der Waals surface area contributed by atoms with Crippen LogP contribution in [0, 0.1) is 11.8 Å². The average molecular weight is 284 g/mol. The molecule has 0 aromatic carbocycles. The third-order valence-corrected chi connectivity index (χ3v) is 4.45. The zero-order valence-corrected chi connectivity index (χ0v) is 12.5. The SMILES string of the molecule is CC1CCN(CC(O)CNC(=O)C2CCOCC2)CC1. The molecule has 0 saturated carbocycles. The molecule has 2 heterocycles. The number of carbonyl (C=O) groups is 1. The first-order chi connectivity index (χ1) is 9.65. The molecule has 0 aromatic heterocycles. The zero-order valence-electron chi connectivity index (χ0n) is 12.5. The first-order valence-electron chi connectivity index (χ1n) is 7.91. The molecule has 1 amide bonds. The van der Waals surface area contributed by atoms with Crippen LogP contribution in [-0.2, 0) is 9.53 Å². The Morgan fingerprint density at radius 3 is 2.60 bits per heavy atom. The van der Waals surface area contributed by atoms with Gasteiger partial charge in [0, 0.05) is 32.2 Å². The molecule has 20 heavy (non-hydrogen) atoms. The Labute approximate surface area is 121 Å². The number of carbonyl (C=O) groups excluding carboxylic acids is 1. The number of piperidine rings is 1. The van der Waals surface area contributed by atoms with Crippen molar-refractivity contribution < 1.29 is 14.6 Å². The molecule has 0 aliphatic carbocycles. The Balaban J connectivity index is 1.61. The van der Waals surface area contributed by atoms with Gasteiger partial charge in [0.05, 0.1) is 6.10 Å². The molecule has 1 atom stereocenters. The first kappa shape index (κ1) is 15.7. The van der Waals surface area contributed by atoms with E-state index in [-0.39, 0.29) is 11.8 Å². The van der Waals surface area contributed by atoms with Gasteiger partial charge in [-0.05, 0) is 44.7 Å². The van der Waals surface area contributed by atoms with Gasteiger partial charge in [-0.3, -0.25) is 4.79 Å². The van der Waals surface area contributed by atoms with Crippen LogP contribution in [0.25, 0.3) is 0 Å². The molecule has 0 bridgehead atoms. The Morgan fingerprint density at radius 2 is 1.95 bits per heavy atom. The summed E-state index contributed by atoms with van der Waals surface area (Å²) in [4.78, 5) is 14.2. The van der Waals surface area contributed by atoms with Gasteiger partial charge in [-0.2, -0.15) is 0 Å². The van der Waals surface area contributed by atoms with E-state index >= 15 is 0 Å². The standard InChI is InChI=1S/C15H28N2O3/c1-12-2-6-17(7-3-12)11-14(18)10-16-15(19)13-4-8-20-9-5-13/h12-14,18H,2-11H2,1H3,(H,16,19). The minimum Gasteiger partial charge on any atom is -0.390 e. The molecule has 116 valence electrons. The van der Waals surface area contributed by atoms with Crippen LogP contribution in [0.2, 0.25) is 0 Å². The topological polar surface area (TPSA) is 61.8 Å². The lowest BCUT2D eigenvalue weighted by atomic mass is 9.99. The molecule has 2 N–H and O–H groups in total. The summed E-state index contributed by atoms with van der Waals surface area (Å²) in [6, 6.07) is 0. The van der Waals surface area contributed by atoms with E-state index in [0.29, 0.717) is 26.3 Å². The van der Waals surface area contributed by atoms with Crippen LogP contribution in [0.4, 0.5) is 0 Å². The Bertz CT molecular complexity index is 297. The van der Waals surface area contributed by atoms with Crippen LogP contribution in [0.3, 0.4) is 0 Å². The molecule has 1 unspecified atom stereocenters. The Kier molecular flexibility index (Phi) is 6.26. The van der Waals surface area contributed by atoms with Crippen molar-refractivity contribution in [2.24, 2.45) is 11.8 Å². The lowest BCUT2D eigenvalue weighted by molar-refractivity contribution is -0.128. The van der Waals surface area contributed by atoms with Crippen molar-refractivity contribution in [2.45, 2.75) is 38.7 Å². The van der Waals surface area contributed by atoms with Crippen molar-refractivity contribution in [3.63, 3.8) is 0 Å². The smallest absolute Gasteiger partial charge is 0.223 e. The van der Waals surface area contributed by atoms with E-state index in [0.717, 1.165) is 31.8 Å². The van der Waals surface area contributed by atoms with E-state index in [1.807, 2.05) is 0 Å². The second-order valence-corrected chi connectivity index (χ2v) is 6.27. The van der Waals surface area contributed by atoms with Gasteiger partial charge < -0.3 is 20.1 Å². The van der Waals surface area contributed by atoms with Crippen molar-refractivity contribution in [2.75, 3.05) is 39.4 Å². The van der Waals surface area contributed by atoms with E-state index in [1.165, 1.54) is 12.8 Å². The van der Waals surface area contributed by atoms with E-state index in [1.54, 1.807) is 0 Å². The molecule has 0 aromatic rings. The third kappa shape index (κ3) is 5.04. The fraction of sp³-hybridized carbons (Fsp3) is 0.933. The van der Waals surface area contributed by atoms with Gasteiger partial charge in [-0.25, -0.2) is 0 Å². The van der Waals surface area contributed by atoms with Gasteiger partial charge in [0.25, 0.3) is 0 Å². The normalized spacial score (nSPS) is 24.5. The maximum absolute atomic E-state index is 11.9. The number of nitrogens with zero attached hydrogens (tertiary/aromatic N) is 1. The summed E-state index contributed by atoms with van der Waals surface area (Å²) in [5.74, 6) is 0.933. The number of nitrogens with one attached hydrogen (secondary N) is 1. The number of rotatable bonds is 5. The summed E-state index contributed by atoms with van der Waals surface area (Å²) < 4.78 is 5.25. The van der Waals surface area contributed by atoms with E-state index in [2.05, 4.69) is 17.1 Å². The quantitative estimate of drug-likeness (QED) is 0.777. The maximum atomic E-state index is 11.9. The number of β-amino-alcohol motifs (C(OH)–C–C–N with tert-alkyl or cyclic N) is 1. The fourth-order valence-corrected chi connectivity index (χ4v) is 2.93. The number of hydrogen-bond donors (Lipinski definition) is 2. The number of aliphatic hydroxyl groups excluding tert-OH is 1. The van der Waals surface area contributed by atoms with Crippen LogP contribution < -0.4 is 5.32 Å². The molecule has 2 aliphatic heterocycles. The van der Waals surface area contributed by atoms with Crippen molar-refractivity contribution in [1.82, 2.24) is 10.2 Å². The summed E-state index contributed by atoms with van der Waals surface area (Å²) in [5.41, 5.74) is 0. The van der Waals surface area contributed by atoms with Crippen LogP contribution >= 0.6 is 0 Å². The molecule has 2 aliphatic rings. The number of amides is 1. The predicted octanol–water partition coefficient (Wildman–Crippen LogP) is 0.622. The van der Waals surface area contributed by atoms with Gasteiger partial charge in [-0.15, -0.1) is 0 Å². The van der Waals surface area contributed by atoms with Gasteiger partial charge in [0.2, 0.25) is 5.91 Å². The number of hydrogen-bond acceptors (Lipinski definition) is 4. The van der Waals surface area contributed by atoms with Crippen LogP contribution in [-0.4, -0.2) is 61.4 Å². The molecule has 0 spiro atoms. The summed E-state index contributed by atoms with van der Waals surface area (Å²) in [6.45, 7) is 6.78. The maximum Gasteiger partial charge on any atom is 0.223 e. The first-order valence-corrected chi connectivity index (χ1v) is 7.91. The van der Waals surface area contributed by atoms with E-state index in [9.17, 15) is 9.90 Å². The second-order valence-electron chi connectivity index (χ2n) is 6.27. The minimum atomic E-state index is -0.466. The summed E-state index contributed by atoms with van der Waals surface area (Å²) in [7, 11) is 0. The van der Waals surface area contributed by atoms with Crippen molar-refractivity contribution in [3.8, 4) is 0 Å². The Morgan fingerprint density at radius 1 is 1.30 bits per heavy atom. The summed E-state index contributed by atoms with van der Waals surface area (Å²) in [5, 5.41) is 12.9. The number of likely N-dealkylation sites (tertiary alicyclic amines) is 1. The molecule has 5 nitrogen and oxygen atoms in total. The lowest BCUT2D eigenvalue weighted by Crippen LogP contribution is -2.44.